The molecule has 0 amide bonds. The summed E-state index contributed by atoms with van der Waals surface area (Å²) in [5.74, 6) is -0.841. The number of rotatable bonds is 0. The molecule has 1 heterocycles. The van der Waals surface area contributed by atoms with Crippen molar-refractivity contribution < 1.29 is 9.18 Å². The van der Waals surface area contributed by atoms with E-state index >= 15 is 0 Å². The van der Waals surface area contributed by atoms with E-state index in [1.165, 1.54) is 12.3 Å². The average Bonchev–Trinajstić information content (AvgIpc) is 2.02. The van der Waals surface area contributed by atoms with E-state index in [2.05, 4.69) is 20.9 Å². The van der Waals surface area contributed by atoms with Gasteiger partial charge < -0.3 is 0 Å². The SMILES string of the molecule is O=C1C=NCc2cc(Br)cc(F)c21. The van der Waals surface area contributed by atoms with Crippen molar-refractivity contribution >= 4 is 27.9 Å². The summed E-state index contributed by atoms with van der Waals surface area (Å²) in [5.41, 5.74) is 0.789. The molecule has 13 heavy (non-hydrogen) atoms. The van der Waals surface area contributed by atoms with E-state index in [0.717, 1.165) is 0 Å². The van der Waals surface area contributed by atoms with Crippen LogP contribution in [-0.4, -0.2) is 12.0 Å². The lowest BCUT2D eigenvalue weighted by Gasteiger charge is -2.10. The third-order valence-corrected chi connectivity index (χ3v) is 2.31. The Morgan fingerprint density at radius 2 is 2.23 bits per heavy atom. The quantitative estimate of drug-likeness (QED) is 0.686. The molecule has 0 radical (unpaired) electrons. The zero-order valence-electron chi connectivity index (χ0n) is 6.55. The number of ketones is 1. The maximum atomic E-state index is 13.3. The third kappa shape index (κ3) is 1.42. The lowest BCUT2D eigenvalue weighted by molar-refractivity contribution is 0.106. The Morgan fingerprint density at radius 1 is 1.46 bits per heavy atom. The molecular weight excluding hydrogens is 237 g/mol. The van der Waals surface area contributed by atoms with Crippen LogP contribution < -0.4 is 0 Å². The van der Waals surface area contributed by atoms with E-state index < -0.39 is 5.82 Å². The second-order valence-electron chi connectivity index (χ2n) is 2.76. The predicted molar refractivity (Wildman–Crippen MR) is 50.6 cm³/mol. The molecule has 1 aromatic carbocycles. The molecule has 0 unspecified atom stereocenters. The molecule has 4 heteroatoms. The molecule has 0 fully saturated rings. The third-order valence-electron chi connectivity index (χ3n) is 1.85. The van der Waals surface area contributed by atoms with Gasteiger partial charge in [0, 0.05) is 4.47 Å². The van der Waals surface area contributed by atoms with Gasteiger partial charge in [-0.15, -0.1) is 0 Å². The fourth-order valence-corrected chi connectivity index (χ4v) is 1.80. The van der Waals surface area contributed by atoms with Gasteiger partial charge in [-0.1, -0.05) is 15.9 Å². The van der Waals surface area contributed by atoms with Crippen LogP contribution in [0.4, 0.5) is 4.39 Å². The number of hydrogen-bond acceptors (Lipinski definition) is 2. The summed E-state index contributed by atoms with van der Waals surface area (Å²) in [6.45, 7) is 0.372. The van der Waals surface area contributed by atoms with E-state index in [-0.39, 0.29) is 11.3 Å². The summed E-state index contributed by atoms with van der Waals surface area (Å²) in [5, 5.41) is 0. The second-order valence-corrected chi connectivity index (χ2v) is 3.67. The topological polar surface area (TPSA) is 29.4 Å². The van der Waals surface area contributed by atoms with Gasteiger partial charge in [0.05, 0.1) is 18.3 Å². The maximum absolute atomic E-state index is 13.3. The molecule has 0 N–H and O–H groups in total. The van der Waals surface area contributed by atoms with Gasteiger partial charge in [0.1, 0.15) is 5.82 Å². The summed E-state index contributed by atoms with van der Waals surface area (Å²) >= 11 is 3.16. The summed E-state index contributed by atoms with van der Waals surface area (Å²) < 4.78 is 13.9. The summed E-state index contributed by atoms with van der Waals surface area (Å²) in [4.78, 5) is 15.0. The van der Waals surface area contributed by atoms with Gasteiger partial charge in [-0.3, -0.25) is 9.79 Å². The number of hydrogen-bond donors (Lipinski definition) is 0. The molecule has 0 atom stereocenters. The van der Waals surface area contributed by atoms with Crippen molar-refractivity contribution in [3.8, 4) is 0 Å². The zero-order chi connectivity index (χ0) is 9.42. The Morgan fingerprint density at radius 3 is 3.00 bits per heavy atom. The molecule has 0 spiro atoms. The fourth-order valence-electron chi connectivity index (χ4n) is 1.32. The van der Waals surface area contributed by atoms with Gasteiger partial charge in [0.15, 0.2) is 0 Å². The Kier molecular flexibility index (Phi) is 2.00. The molecule has 2 rings (SSSR count). The van der Waals surface area contributed by atoms with E-state index in [0.29, 0.717) is 16.6 Å². The van der Waals surface area contributed by atoms with Crippen LogP contribution >= 0.6 is 15.9 Å². The van der Waals surface area contributed by atoms with Crippen LogP contribution in [0, 0.1) is 5.82 Å². The van der Waals surface area contributed by atoms with Gasteiger partial charge >= 0.3 is 0 Å². The van der Waals surface area contributed by atoms with Crippen LogP contribution in [0.3, 0.4) is 0 Å². The fraction of sp³-hybridized carbons (Fsp3) is 0.111. The van der Waals surface area contributed by atoms with Crippen molar-refractivity contribution in [1.29, 1.82) is 0 Å². The number of halogens is 2. The average molecular weight is 242 g/mol. The minimum Gasteiger partial charge on any atom is -0.287 e. The van der Waals surface area contributed by atoms with Crippen molar-refractivity contribution in [2.45, 2.75) is 6.54 Å². The van der Waals surface area contributed by atoms with Gasteiger partial charge in [0.2, 0.25) is 5.78 Å². The number of aliphatic imine (C=N–C) groups is 1. The first-order valence-electron chi connectivity index (χ1n) is 3.70. The summed E-state index contributed by atoms with van der Waals surface area (Å²) in [6.07, 6.45) is 1.17. The van der Waals surface area contributed by atoms with Gasteiger partial charge in [-0.05, 0) is 17.7 Å². The largest absolute Gasteiger partial charge is 0.287 e. The molecule has 2 nitrogen and oxygen atoms in total. The van der Waals surface area contributed by atoms with Crippen LogP contribution in [0.1, 0.15) is 15.9 Å². The highest BCUT2D eigenvalue weighted by Gasteiger charge is 2.18. The lowest BCUT2D eigenvalue weighted by Crippen LogP contribution is -2.12. The first-order chi connectivity index (χ1) is 6.18. The number of carbonyl (C=O) groups is 1. The number of nitrogens with zero attached hydrogens (tertiary/aromatic N) is 1. The first kappa shape index (κ1) is 8.56. The predicted octanol–water partition coefficient (Wildman–Crippen LogP) is 2.36. The monoisotopic (exact) mass is 241 g/mol. The van der Waals surface area contributed by atoms with E-state index in [4.69, 9.17) is 0 Å². The summed E-state index contributed by atoms with van der Waals surface area (Å²) in [7, 11) is 0. The highest BCUT2D eigenvalue weighted by molar-refractivity contribution is 9.10. The normalized spacial score (nSPS) is 14.5. The molecule has 0 aliphatic carbocycles. The molecule has 0 aromatic heterocycles. The van der Waals surface area contributed by atoms with Crippen molar-refractivity contribution in [2.75, 3.05) is 0 Å². The number of Topliss-reactive ketones (excluding diaryl/α,β-unsaturated/α-hetero) is 1. The van der Waals surface area contributed by atoms with E-state index in [1.807, 2.05) is 0 Å². The number of carbonyl (C=O) groups excluding carboxylic acids is 1. The highest BCUT2D eigenvalue weighted by atomic mass is 79.9. The maximum Gasteiger partial charge on any atom is 0.206 e. The number of benzene rings is 1. The lowest BCUT2D eigenvalue weighted by atomic mass is 10.0. The molecule has 0 saturated carbocycles. The Balaban J connectivity index is 2.67. The second kappa shape index (κ2) is 3.03. The van der Waals surface area contributed by atoms with Crippen molar-refractivity contribution in [2.24, 2.45) is 4.99 Å². The minimum absolute atomic E-state index is 0.151. The van der Waals surface area contributed by atoms with Gasteiger partial charge in [-0.25, -0.2) is 4.39 Å². The smallest absolute Gasteiger partial charge is 0.206 e. The Hall–Kier alpha value is -1.03. The van der Waals surface area contributed by atoms with Crippen LogP contribution in [0.2, 0.25) is 0 Å². The van der Waals surface area contributed by atoms with Crippen LogP contribution in [0.25, 0.3) is 0 Å². The molecule has 1 aliphatic heterocycles. The molecule has 1 aromatic rings. The Bertz CT molecular complexity index is 414. The Labute approximate surface area is 82.6 Å². The van der Waals surface area contributed by atoms with Crippen LogP contribution in [0.5, 0.6) is 0 Å². The molecule has 1 aliphatic rings. The highest BCUT2D eigenvalue weighted by Crippen LogP contribution is 2.23. The van der Waals surface area contributed by atoms with Crippen LogP contribution in [0.15, 0.2) is 21.6 Å². The molecular formula is C9H5BrFNO. The van der Waals surface area contributed by atoms with Crippen molar-refractivity contribution in [3.63, 3.8) is 0 Å². The van der Waals surface area contributed by atoms with Gasteiger partial charge in [-0.2, -0.15) is 0 Å². The molecule has 0 saturated heterocycles. The van der Waals surface area contributed by atoms with E-state index in [1.54, 1.807) is 6.07 Å². The molecule has 66 valence electrons. The first-order valence-corrected chi connectivity index (χ1v) is 4.50. The van der Waals surface area contributed by atoms with Crippen LogP contribution in [-0.2, 0) is 6.54 Å². The van der Waals surface area contributed by atoms with Crippen molar-refractivity contribution in [3.05, 3.63) is 33.5 Å². The number of fused-ring (bicyclic) bond motifs is 1. The summed E-state index contributed by atoms with van der Waals surface area (Å²) in [6, 6.07) is 3.00. The van der Waals surface area contributed by atoms with Gasteiger partial charge in [0.25, 0.3) is 0 Å². The van der Waals surface area contributed by atoms with Crippen molar-refractivity contribution in [1.82, 2.24) is 0 Å². The zero-order valence-corrected chi connectivity index (χ0v) is 8.14. The standard InChI is InChI=1S/C9H5BrFNO/c10-6-1-5-3-12-4-8(13)9(5)7(11)2-6/h1-2,4H,3H2. The van der Waals surface area contributed by atoms with E-state index in [9.17, 15) is 9.18 Å². The molecule has 0 bridgehead atoms. The minimum atomic E-state index is -0.486.